The largest absolute Gasteiger partial charge is 0.394 e. The van der Waals surface area contributed by atoms with Gasteiger partial charge in [-0.2, -0.15) is 0 Å². The molecule has 3 aliphatic rings. The Bertz CT molecular complexity index is 668. The minimum Gasteiger partial charge on any atom is -0.394 e. The van der Waals surface area contributed by atoms with Crippen LogP contribution >= 0.6 is 0 Å². The molecule has 0 aromatic heterocycles. The van der Waals surface area contributed by atoms with Crippen molar-refractivity contribution in [2.45, 2.75) is 92.1 Å². The fourth-order valence-corrected chi connectivity index (χ4v) is 4.41. The van der Waals surface area contributed by atoms with Crippen LogP contribution in [0.25, 0.3) is 0 Å². The van der Waals surface area contributed by atoms with Gasteiger partial charge in [0.2, 0.25) is 0 Å². The number of aliphatic hydroxyl groups excluding tert-OH is 9. The fraction of sp³-hybridized carbons (Fsp3) is 1.00. The first kappa shape index (κ1) is 29.9. The molecule has 0 aromatic carbocycles. The highest BCUT2D eigenvalue weighted by Gasteiger charge is 2.52. The van der Waals surface area contributed by atoms with E-state index in [1.807, 2.05) is 0 Å². The first-order valence-corrected chi connectivity index (χ1v) is 11.4. The van der Waals surface area contributed by atoms with E-state index in [-0.39, 0.29) is 0 Å². The summed E-state index contributed by atoms with van der Waals surface area (Å²) in [7, 11) is 2.46. The molecule has 3 rings (SSSR count). The van der Waals surface area contributed by atoms with Gasteiger partial charge in [-0.05, 0) is 0 Å². The Morgan fingerprint density at radius 3 is 1.64 bits per heavy atom. The summed E-state index contributed by atoms with van der Waals surface area (Å²) in [5.41, 5.74) is 0. The molecule has 16 nitrogen and oxygen atoms in total. The van der Waals surface area contributed by atoms with Crippen molar-refractivity contribution in [1.82, 2.24) is 0 Å². The van der Waals surface area contributed by atoms with Crippen molar-refractivity contribution in [3.63, 3.8) is 0 Å². The molecular formula is C20H36O16. The molecule has 3 saturated heterocycles. The summed E-state index contributed by atoms with van der Waals surface area (Å²) in [4.78, 5) is 0. The lowest BCUT2D eigenvalue weighted by Crippen LogP contribution is -2.65. The van der Waals surface area contributed by atoms with E-state index < -0.39 is 112 Å². The van der Waals surface area contributed by atoms with E-state index in [2.05, 4.69) is 0 Å². The minimum atomic E-state index is -1.71. The third-order valence-corrected chi connectivity index (χ3v) is 6.53. The lowest BCUT2D eigenvalue weighted by atomic mass is 9.96. The molecule has 0 amide bonds. The molecule has 0 aliphatic carbocycles. The van der Waals surface area contributed by atoms with Crippen LogP contribution < -0.4 is 0 Å². The smallest absolute Gasteiger partial charge is 0.187 e. The summed E-state index contributed by atoms with van der Waals surface area (Å²) in [5.74, 6) is 0. The molecule has 0 radical (unpaired) electrons. The van der Waals surface area contributed by atoms with Crippen LogP contribution in [0.3, 0.4) is 0 Å². The Balaban J connectivity index is 1.75. The molecule has 36 heavy (non-hydrogen) atoms. The monoisotopic (exact) mass is 532 g/mol. The minimum absolute atomic E-state index is 0.507. The van der Waals surface area contributed by atoms with Crippen LogP contribution in [-0.4, -0.2) is 172 Å². The van der Waals surface area contributed by atoms with Gasteiger partial charge in [-0.15, -0.1) is 0 Å². The average molecular weight is 532 g/mol. The first-order chi connectivity index (χ1) is 17.1. The van der Waals surface area contributed by atoms with Gasteiger partial charge in [-0.3, -0.25) is 0 Å². The van der Waals surface area contributed by atoms with E-state index in [0.29, 0.717) is 0 Å². The molecular weight excluding hydrogens is 496 g/mol. The van der Waals surface area contributed by atoms with E-state index in [1.165, 1.54) is 14.2 Å². The van der Waals surface area contributed by atoms with Gasteiger partial charge < -0.3 is 79.1 Å². The highest BCUT2D eigenvalue weighted by atomic mass is 16.8. The summed E-state index contributed by atoms with van der Waals surface area (Å²) in [6.45, 7) is -1.78. The van der Waals surface area contributed by atoms with E-state index >= 15 is 0 Å². The SMILES string of the molecule is CO[C@@H]1OC(CO[C@H]2OC(CO)[C@H](O)[C@H](O)C2O)[C@@H](O[C@@H]2OC(CO)[C@@H](OC)[C@H](O)C2O)[C@H](O)C1O. The summed E-state index contributed by atoms with van der Waals surface area (Å²) in [6.07, 6.45) is -22.2. The van der Waals surface area contributed by atoms with Crippen LogP contribution in [0, 0.1) is 0 Å². The van der Waals surface area contributed by atoms with Gasteiger partial charge in [0.25, 0.3) is 0 Å². The molecule has 15 atom stereocenters. The second-order valence-corrected chi connectivity index (χ2v) is 8.80. The number of hydrogen-bond donors (Lipinski definition) is 9. The second-order valence-electron chi connectivity index (χ2n) is 8.80. The normalized spacial score (nSPS) is 50.2. The zero-order chi connectivity index (χ0) is 26.7. The van der Waals surface area contributed by atoms with Crippen molar-refractivity contribution < 1.29 is 79.1 Å². The second kappa shape index (κ2) is 12.9. The topological polar surface area (TPSA) is 247 Å². The first-order valence-electron chi connectivity index (χ1n) is 11.4. The van der Waals surface area contributed by atoms with Crippen LogP contribution in [0.2, 0.25) is 0 Å². The van der Waals surface area contributed by atoms with Gasteiger partial charge >= 0.3 is 0 Å². The Morgan fingerprint density at radius 2 is 1.06 bits per heavy atom. The van der Waals surface area contributed by atoms with Crippen molar-refractivity contribution in [2.75, 3.05) is 34.0 Å². The average Bonchev–Trinajstić information content (AvgIpc) is 2.88. The molecule has 0 bridgehead atoms. The van der Waals surface area contributed by atoms with Crippen LogP contribution in [0.15, 0.2) is 0 Å². The standard InChI is InChI=1S/C20H36O16/c1-30-16-7(4-22)34-20(15(29)11(16)25)36-17-8(35-18(31-2)14(28)12(17)26)5-32-19-13(27)10(24)9(23)6(3-21)33-19/h6-29H,3-5H2,1-2H3/t6?,7?,8?,9-,10-,11+,12+,13?,14?,15?,16+,17+,18+,19-,20-/m0/s1. The summed E-state index contributed by atoms with van der Waals surface area (Å²) in [5, 5.41) is 90.9. The molecule has 16 heteroatoms. The van der Waals surface area contributed by atoms with E-state index in [1.54, 1.807) is 0 Å². The molecule has 0 aromatic rings. The number of aliphatic hydroxyl groups is 9. The van der Waals surface area contributed by atoms with Gasteiger partial charge in [0, 0.05) is 14.2 Å². The maximum absolute atomic E-state index is 10.7. The Hall–Kier alpha value is -0.640. The van der Waals surface area contributed by atoms with Crippen molar-refractivity contribution in [3.8, 4) is 0 Å². The maximum atomic E-state index is 10.7. The summed E-state index contributed by atoms with van der Waals surface area (Å²) < 4.78 is 37.6. The number of ether oxygens (including phenoxy) is 7. The zero-order valence-electron chi connectivity index (χ0n) is 19.7. The predicted octanol–water partition coefficient (Wildman–Crippen LogP) is -6.26. The predicted molar refractivity (Wildman–Crippen MR) is 111 cm³/mol. The van der Waals surface area contributed by atoms with Crippen molar-refractivity contribution in [2.24, 2.45) is 0 Å². The van der Waals surface area contributed by atoms with Crippen LogP contribution in [0.5, 0.6) is 0 Å². The van der Waals surface area contributed by atoms with Crippen LogP contribution in [0.4, 0.5) is 0 Å². The number of hydrogen-bond acceptors (Lipinski definition) is 16. The lowest BCUT2D eigenvalue weighted by molar-refractivity contribution is -0.366. The quantitative estimate of drug-likeness (QED) is 0.134. The molecule has 212 valence electrons. The summed E-state index contributed by atoms with van der Waals surface area (Å²) in [6, 6.07) is 0. The van der Waals surface area contributed by atoms with Gasteiger partial charge in [0.05, 0.1) is 19.8 Å². The van der Waals surface area contributed by atoms with E-state index in [9.17, 15) is 46.0 Å². The molecule has 3 aliphatic heterocycles. The highest BCUT2D eigenvalue weighted by Crippen LogP contribution is 2.31. The van der Waals surface area contributed by atoms with Crippen LogP contribution in [0.1, 0.15) is 0 Å². The van der Waals surface area contributed by atoms with E-state index in [4.69, 9.17) is 33.2 Å². The Labute approximate surface area is 206 Å². The fourth-order valence-electron chi connectivity index (χ4n) is 4.41. The molecule has 6 unspecified atom stereocenters. The number of rotatable bonds is 9. The molecule has 0 saturated carbocycles. The third kappa shape index (κ3) is 5.99. The lowest BCUT2D eigenvalue weighted by Gasteiger charge is -2.47. The van der Waals surface area contributed by atoms with Crippen molar-refractivity contribution in [1.29, 1.82) is 0 Å². The number of methoxy groups -OCH3 is 2. The maximum Gasteiger partial charge on any atom is 0.187 e. The van der Waals surface area contributed by atoms with Gasteiger partial charge in [-0.25, -0.2) is 0 Å². The van der Waals surface area contributed by atoms with Gasteiger partial charge in [-0.1, -0.05) is 0 Å². The molecule has 3 heterocycles. The molecule has 3 fully saturated rings. The van der Waals surface area contributed by atoms with Crippen LogP contribution in [-0.2, 0) is 33.2 Å². The third-order valence-electron chi connectivity index (χ3n) is 6.53. The van der Waals surface area contributed by atoms with E-state index in [0.717, 1.165) is 0 Å². The zero-order valence-corrected chi connectivity index (χ0v) is 19.7. The summed E-state index contributed by atoms with van der Waals surface area (Å²) >= 11 is 0. The van der Waals surface area contributed by atoms with Gasteiger partial charge in [0.1, 0.15) is 73.2 Å². The van der Waals surface area contributed by atoms with Crippen molar-refractivity contribution in [3.05, 3.63) is 0 Å². The highest BCUT2D eigenvalue weighted by molar-refractivity contribution is 4.95. The Morgan fingerprint density at radius 1 is 0.528 bits per heavy atom. The van der Waals surface area contributed by atoms with Gasteiger partial charge in [0.15, 0.2) is 18.9 Å². The Kier molecular flexibility index (Phi) is 10.8. The van der Waals surface area contributed by atoms with Crippen molar-refractivity contribution >= 4 is 0 Å². The molecule has 0 spiro atoms. The molecule has 9 N–H and O–H groups in total.